The molecule has 0 aromatic heterocycles. The molecule has 1 fully saturated rings. The third-order valence-electron chi connectivity index (χ3n) is 2.37. The van der Waals surface area contributed by atoms with E-state index in [2.05, 4.69) is 17.6 Å². The first kappa shape index (κ1) is 11.5. The Morgan fingerprint density at radius 3 is 3.00 bits per heavy atom. The molecule has 2 atom stereocenters. The van der Waals surface area contributed by atoms with Gasteiger partial charge in [0, 0.05) is 19.2 Å². The molecular weight excluding hydrogens is 180 g/mol. The molecule has 14 heavy (non-hydrogen) atoms. The molecule has 1 rings (SSSR count). The molecule has 0 aromatic rings. The number of ether oxygens (including phenoxy) is 1. The summed E-state index contributed by atoms with van der Waals surface area (Å²) in [5.41, 5.74) is 0. The van der Waals surface area contributed by atoms with E-state index in [1.54, 1.807) is 0 Å². The van der Waals surface area contributed by atoms with Gasteiger partial charge in [-0.2, -0.15) is 0 Å². The number of piperidine rings is 1. The molecule has 2 N–H and O–H groups in total. The fourth-order valence-corrected chi connectivity index (χ4v) is 1.73. The highest BCUT2D eigenvalue weighted by molar-refractivity contribution is 5.77. The summed E-state index contributed by atoms with van der Waals surface area (Å²) >= 11 is 0. The molecule has 82 valence electrons. The zero-order valence-electron chi connectivity index (χ0n) is 9.01. The van der Waals surface area contributed by atoms with Gasteiger partial charge in [-0.3, -0.25) is 4.79 Å². The quantitative estimate of drug-likeness (QED) is 0.678. The van der Waals surface area contributed by atoms with Gasteiger partial charge >= 0.3 is 0 Å². The zero-order chi connectivity index (χ0) is 10.4. The van der Waals surface area contributed by atoms with E-state index in [0.29, 0.717) is 12.5 Å². The Morgan fingerprint density at radius 1 is 1.57 bits per heavy atom. The molecule has 0 aromatic carbocycles. The van der Waals surface area contributed by atoms with Gasteiger partial charge in [0.2, 0.25) is 5.91 Å². The summed E-state index contributed by atoms with van der Waals surface area (Å²) in [5, 5.41) is 6.25. The zero-order valence-corrected chi connectivity index (χ0v) is 9.01. The fourth-order valence-electron chi connectivity index (χ4n) is 1.73. The molecule has 0 aliphatic carbocycles. The molecule has 4 heteroatoms. The highest BCUT2D eigenvalue weighted by atomic mass is 16.5. The Bertz CT molecular complexity index is 185. The highest BCUT2D eigenvalue weighted by Crippen LogP contribution is 2.08. The van der Waals surface area contributed by atoms with Gasteiger partial charge in [-0.05, 0) is 25.8 Å². The minimum Gasteiger partial charge on any atom is -0.372 e. The maximum Gasteiger partial charge on any atom is 0.246 e. The lowest BCUT2D eigenvalue weighted by molar-refractivity contribution is -0.126. The SMILES string of the molecule is CCOCC(=O)NC1CNCC(C)C1. The highest BCUT2D eigenvalue weighted by Gasteiger charge is 2.19. The van der Waals surface area contributed by atoms with E-state index in [-0.39, 0.29) is 18.6 Å². The Labute approximate surface area is 85.4 Å². The van der Waals surface area contributed by atoms with E-state index in [1.807, 2.05) is 6.92 Å². The first-order chi connectivity index (χ1) is 6.72. The first-order valence-corrected chi connectivity index (χ1v) is 5.30. The molecule has 1 aliphatic heterocycles. The Balaban J connectivity index is 2.18. The van der Waals surface area contributed by atoms with Crippen molar-refractivity contribution in [2.45, 2.75) is 26.3 Å². The molecular formula is C10H20N2O2. The van der Waals surface area contributed by atoms with Gasteiger partial charge in [0.15, 0.2) is 0 Å². The average molecular weight is 200 g/mol. The number of carbonyl (C=O) groups is 1. The molecule has 1 saturated heterocycles. The van der Waals surface area contributed by atoms with Crippen molar-refractivity contribution in [2.24, 2.45) is 5.92 Å². The Kier molecular flexibility index (Phi) is 4.90. The summed E-state index contributed by atoms with van der Waals surface area (Å²) in [6, 6.07) is 0.270. The molecule has 1 aliphatic rings. The minimum atomic E-state index is -0.00671. The lowest BCUT2D eigenvalue weighted by Crippen LogP contribution is -2.49. The van der Waals surface area contributed by atoms with Gasteiger partial charge in [-0.1, -0.05) is 6.92 Å². The normalized spacial score (nSPS) is 27.3. The van der Waals surface area contributed by atoms with E-state index < -0.39 is 0 Å². The Hall–Kier alpha value is -0.610. The second-order valence-corrected chi connectivity index (χ2v) is 3.90. The molecule has 4 nitrogen and oxygen atoms in total. The van der Waals surface area contributed by atoms with Crippen LogP contribution in [-0.2, 0) is 9.53 Å². The van der Waals surface area contributed by atoms with Crippen LogP contribution >= 0.6 is 0 Å². The second kappa shape index (κ2) is 5.98. The maximum absolute atomic E-state index is 11.3. The van der Waals surface area contributed by atoms with Crippen molar-refractivity contribution in [3.05, 3.63) is 0 Å². The summed E-state index contributed by atoms with van der Waals surface area (Å²) in [4.78, 5) is 11.3. The Morgan fingerprint density at radius 2 is 2.36 bits per heavy atom. The van der Waals surface area contributed by atoms with Crippen LogP contribution in [0, 0.1) is 5.92 Å². The van der Waals surface area contributed by atoms with Crippen LogP contribution in [0.4, 0.5) is 0 Å². The van der Waals surface area contributed by atoms with Crippen molar-refractivity contribution >= 4 is 5.91 Å². The van der Waals surface area contributed by atoms with E-state index in [4.69, 9.17) is 4.74 Å². The van der Waals surface area contributed by atoms with E-state index in [0.717, 1.165) is 19.5 Å². The molecule has 2 unspecified atom stereocenters. The largest absolute Gasteiger partial charge is 0.372 e. The third kappa shape index (κ3) is 4.07. The van der Waals surface area contributed by atoms with Crippen LogP contribution in [0.25, 0.3) is 0 Å². The maximum atomic E-state index is 11.3. The summed E-state index contributed by atoms with van der Waals surface area (Å²) < 4.78 is 5.03. The van der Waals surface area contributed by atoms with E-state index >= 15 is 0 Å². The summed E-state index contributed by atoms with van der Waals surface area (Å²) in [7, 11) is 0. The van der Waals surface area contributed by atoms with E-state index in [9.17, 15) is 4.79 Å². The van der Waals surface area contributed by atoms with Crippen molar-refractivity contribution in [1.29, 1.82) is 0 Å². The molecule has 0 saturated carbocycles. The topological polar surface area (TPSA) is 50.4 Å². The molecule has 1 heterocycles. The van der Waals surface area contributed by atoms with Crippen LogP contribution in [0.2, 0.25) is 0 Å². The van der Waals surface area contributed by atoms with Crippen LogP contribution in [0.15, 0.2) is 0 Å². The number of nitrogens with one attached hydrogen (secondary N) is 2. The van der Waals surface area contributed by atoms with Crippen molar-refractivity contribution in [3.8, 4) is 0 Å². The molecule has 0 bridgehead atoms. The van der Waals surface area contributed by atoms with Crippen LogP contribution < -0.4 is 10.6 Å². The second-order valence-electron chi connectivity index (χ2n) is 3.90. The summed E-state index contributed by atoms with van der Waals surface area (Å²) in [6.45, 7) is 6.78. The summed E-state index contributed by atoms with van der Waals surface area (Å²) in [6.07, 6.45) is 1.06. The van der Waals surface area contributed by atoms with Crippen LogP contribution in [-0.4, -0.2) is 38.3 Å². The lowest BCUT2D eigenvalue weighted by atomic mass is 9.98. The smallest absolute Gasteiger partial charge is 0.246 e. The number of hydrogen-bond acceptors (Lipinski definition) is 3. The van der Waals surface area contributed by atoms with Gasteiger partial charge in [-0.25, -0.2) is 0 Å². The van der Waals surface area contributed by atoms with Gasteiger partial charge in [0.05, 0.1) is 0 Å². The average Bonchev–Trinajstić information content (AvgIpc) is 2.15. The van der Waals surface area contributed by atoms with Gasteiger partial charge < -0.3 is 15.4 Å². The van der Waals surface area contributed by atoms with Crippen molar-refractivity contribution in [2.75, 3.05) is 26.3 Å². The van der Waals surface area contributed by atoms with Crippen LogP contribution in [0.1, 0.15) is 20.3 Å². The number of carbonyl (C=O) groups excluding carboxylic acids is 1. The predicted octanol–water partition coefficient (Wildman–Crippen LogP) is 0.137. The number of amides is 1. The van der Waals surface area contributed by atoms with Gasteiger partial charge in [-0.15, -0.1) is 0 Å². The third-order valence-corrected chi connectivity index (χ3v) is 2.37. The lowest BCUT2D eigenvalue weighted by Gasteiger charge is -2.28. The number of rotatable bonds is 4. The van der Waals surface area contributed by atoms with Gasteiger partial charge in [0.25, 0.3) is 0 Å². The van der Waals surface area contributed by atoms with Crippen LogP contribution in [0.3, 0.4) is 0 Å². The van der Waals surface area contributed by atoms with Crippen molar-refractivity contribution in [3.63, 3.8) is 0 Å². The predicted molar refractivity (Wildman–Crippen MR) is 55.1 cm³/mol. The van der Waals surface area contributed by atoms with E-state index in [1.165, 1.54) is 0 Å². The molecule has 0 radical (unpaired) electrons. The number of hydrogen-bond donors (Lipinski definition) is 2. The van der Waals surface area contributed by atoms with Crippen molar-refractivity contribution < 1.29 is 9.53 Å². The molecule has 0 spiro atoms. The van der Waals surface area contributed by atoms with Gasteiger partial charge in [0.1, 0.15) is 6.61 Å². The van der Waals surface area contributed by atoms with Crippen molar-refractivity contribution in [1.82, 2.24) is 10.6 Å². The monoisotopic (exact) mass is 200 g/mol. The van der Waals surface area contributed by atoms with Crippen LogP contribution in [0.5, 0.6) is 0 Å². The first-order valence-electron chi connectivity index (χ1n) is 5.30. The standard InChI is InChI=1S/C10H20N2O2/c1-3-14-7-10(13)12-9-4-8(2)5-11-6-9/h8-9,11H,3-7H2,1-2H3,(H,12,13). The molecule has 1 amide bonds. The fraction of sp³-hybridized carbons (Fsp3) is 0.900. The minimum absolute atomic E-state index is 0.00671. The summed E-state index contributed by atoms with van der Waals surface area (Å²) in [5.74, 6) is 0.633.